The van der Waals surface area contributed by atoms with Crippen molar-refractivity contribution in [2.24, 2.45) is 0 Å². The number of carbonyl (C=O) groups is 1. The van der Waals surface area contributed by atoms with Gasteiger partial charge < -0.3 is 10.1 Å². The van der Waals surface area contributed by atoms with Crippen molar-refractivity contribution in [1.82, 2.24) is 15.3 Å². The molecular formula is C22H25ClN4O2. The molecule has 1 N–H and O–H groups in total. The Kier molecular flexibility index (Phi) is 6.39. The summed E-state index contributed by atoms with van der Waals surface area (Å²) in [5, 5.41) is 12.4. The first-order valence-electron chi connectivity index (χ1n) is 9.76. The van der Waals surface area contributed by atoms with Crippen molar-refractivity contribution < 1.29 is 9.53 Å². The minimum absolute atomic E-state index is 0.0491. The van der Waals surface area contributed by atoms with Crippen LogP contribution < -0.4 is 10.1 Å². The van der Waals surface area contributed by atoms with E-state index in [2.05, 4.69) is 36.1 Å². The topological polar surface area (TPSA) is 87.9 Å². The lowest BCUT2D eigenvalue weighted by atomic mass is 9.89. The minimum atomic E-state index is -0.242. The monoisotopic (exact) mass is 412 g/mol. The fourth-order valence-corrected chi connectivity index (χ4v) is 3.47. The Morgan fingerprint density at radius 3 is 2.41 bits per heavy atom. The Balaban J connectivity index is 1.50. The molecule has 7 heteroatoms. The summed E-state index contributed by atoms with van der Waals surface area (Å²) >= 11 is 6.06. The molecule has 3 rings (SSSR count). The van der Waals surface area contributed by atoms with Crippen LogP contribution in [0, 0.1) is 11.3 Å². The highest BCUT2D eigenvalue weighted by atomic mass is 35.5. The van der Waals surface area contributed by atoms with Crippen molar-refractivity contribution in [3.8, 4) is 11.8 Å². The number of amides is 1. The lowest BCUT2D eigenvalue weighted by Gasteiger charge is -2.29. The van der Waals surface area contributed by atoms with Crippen molar-refractivity contribution in [3.63, 3.8) is 0 Å². The van der Waals surface area contributed by atoms with E-state index in [-0.39, 0.29) is 29.3 Å². The van der Waals surface area contributed by atoms with Gasteiger partial charge in [0.1, 0.15) is 11.8 Å². The first-order valence-corrected chi connectivity index (χ1v) is 10.1. The summed E-state index contributed by atoms with van der Waals surface area (Å²) in [6, 6.07) is 7.21. The zero-order chi connectivity index (χ0) is 21.0. The molecule has 2 aromatic rings. The maximum absolute atomic E-state index is 12.4. The van der Waals surface area contributed by atoms with Gasteiger partial charge in [-0.25, -0.2) is 9.97 Å². The molecule has 0 spiro atoms. The molecule has 0 bridgehead atoms. The molecule has 29 heavy (non-hydrogen) atoms. The molecule has 0 saturated heterocycles. The highest BCUT2D eigenvalue weighted by Crippen LogP contribution is 2.27. The van der Waals surface area contributed by atoms with Crippen LogP contribution in [0.3, 0.4) is 0 Å². The molecule has 1 aromatic carbocycles. The number of ether oxygens (including phenoxy) is 1. The third-order valence-electron chi connectivity index (χ3n) is 5.09. The Morgan fingerprint density at radius 1 is 1.21 bits per heavy atom. The molecule has 0 aliphatic heterocycles. The SMILES string of the molecule is CC(C)(C)c1cnc(C(=O)NC2CCC(Oc3ccc(C#N)c(Cl)c3)CC2)nc1. The fourth-order valence-electron chi connectivity index (χ4n) is 3.26. The van der Waals surface area contributed by atoms with Crippen molar-refractivity contribution in [2.75, 3.05) is 0 Å². The van der Waals surface area contributed by atoms with Crippen LogP contribution in [-0.2, 0) is 5.41 Å². The number of hydrogen-bond donors (Lipinski definition) is 1. The zero-order valence-corrected chi connectivity index (χ0v) is 17.7. The predicted octanol–water partition coefficient (Wildman–Crippen LogP) is 4.42. The number of nitrogens with zero attached hydrogens (tertiary/aromatic N) is 3. The van der Waals surface area contributed by atoms with Crippen molar-refractivity contribution in [3.05, 3.63) is 52.6 Å². The van der Waals surface area contributed by atoms with E-state index in [1.165, 1.54) is 0 Å². The molecule has 152 valence electrons. The molecule has 1 aliphatic rings. The van der Waals surface area contributed by atoms with Crippen molar-refractivity contribution in [2.45, 2.75) is 64.0 Å². The average Bonchev–Trinajstić information content (AvgIpc) is 2.69. The van der Waals surface area contributed by atoms with Crippen LogP contribution in [0.1, 0.15) is 68.2 Å². The van der Waals surface area contributed by atoms with Crippen LogP contribution in [-0.4, -0.2) is 28.0 Å². The van der Waals surface area contributed by atoms with E-state index in [0.29, 0.717) is 16.3 Å². The summed E-state index contributed by atoms with van der Waals surface area (Å²) in [5.74, 6) is 0.617. The van der Waals surface area contributed by atoms with Gasteiger partial charge in [-0.3, -0.25) is 4.79 Å². The second-order valence-corrected chi connectivity index (χ2v) is 8.77. The van der Waals surface area contributed by atoms with Gasteiger partial charge in [0.05, 0.1) is 16.7 Å². The smallest absolute Gasteiger partial charge is 0.289 e. The molecule has 1 amide bonds. The molecule has 1 saturated carbocycles. The molecular weight excluding hydrogens is 388 g/mol. The van der Waals surface area contributed by atoms with E-state index in [1.54, 1.807) is 30.6 Å². The number of nitrogens with one attached hydrogen (secondary N) is 1. The van der Waals surface area contributed by atoms with Crippen LogP contribution in [0.2, 0.25) is 5.02 Å². The molecule has 6 nitrogen and oxygen atoms in total. The summed E-state index contributed by atoms with van der Waals surface area (Å²) in [7, 11) is 0. The van der Waals surface area contributed by atoms with Gasteiger partial charge in [0.15, 0.2) is 0 Å². The predicted molar refractivity (Wildman–Crippen MR) is 111 cm³/mol. The fraction of sp³-hybridized carbons (Fsp3) is 0.455. The number of aromatic nitrogens is 2. The Labute approximate surface area is 176 Å². The summed E-state index contributed by atoms with van der Waals surface area (Å²) < 4.78 is 5.99. The van der Waals surface area contributed by atoms with Gasteiger partial charge in [-0.2, -0.15) is 5.26 Å². The molecule has 0 atom stereocenters. The van der Waals surface area contributed by atoms with Crippen molar-refractivity contribution >= 4 is 17.5 Å². The second kappa shape index (κ2) is 8.79. The largest absolute Gasteiger partial charge is 0.490 e. The summed E-state index contributed by atoms with van der Waals surface area (Å²) in [4.78, 5) is 20.9. The molecule has 1 aromatic heterocycles. The lowest BCUT2D eigenvalue weighted by Crippen LogP contribution is -2.40. The van der Waals surface area contributed by atoms with Crippen LogP contribution >= 0.6 is 11.6 Å². The number of hydrogen-bond acceptors (Lipinski definition) is 5. The highest BCUT2D eigenvalue weighted by Gasteiger charge is 2.25. The standard InChI is InChI=1S/C22H25ClN4O2/c1-22(2,3)15-12-25-20(26-13-15)21(28)27-16-5-8-17(9-6-16)29-18-7-4-14(11-24)19(23)10-18/h4,7,10,12-13,16-17H,5-6,8-9H2,1-3H3,(H,27,28). The number of halogens is 1. The van der Waals surface area contributed by atoms with Crippen LogP contribution in [0.15, 0.2) is 30.6 Å². The zero-order valence-electron chi connectivity index (χ0n) is 16.9. The van der Waals surface area contributed by atoms with Crippen LogP contribution in [0.25, 0.3) is 0 Å². The second-order valence-electron chi connectivity index (χ2n) is 8.36. The number of benzene rings is 1. The van der Waals surface area contributed by atoms with Gasteiger partial charge in [-0.05, 0) is 48.8 Å². The average molecular weight is 413 g/mol. The summed E-state index contributed by atoms with van der Waals surface area (Å²) in [6.07, 6.45) is 6.79. The maximum atomic E-state index is 12.4. The van der Waals surface area contributed by atoms with Crippen molar-refractivity contribution in [1.29, 1.82) is 5.26 Å². The first kappa shape index (κ1) is 21.1. The molecule has 1 heterocycles. The Morgan fingerprint density at radius 2 is 1.86 bits per heavy atom. The van der Waals surface area contributed by atoms with Gasteiger partial charge in [0.25, 0.3) is 5.91 Å². The lowest BCUT2D eigenvalue weighted by molar-refractivity contribution is 0.0883. The van der Waals surface area contributed by atoms with Gasteiger partial charge in [-0.15, -0.1) is 0 Å². The number of carbonyl (C=O) groups excluding carboxylic acids is 1. The minimum Gasteiger partial charge on any atom is -0.490 e. The van der Waals surface area contributed by atoms with Gasteiger partial charge >= 0.3 is 0 Å². The highest BCUT2D eigenvalue weighted by molar-refractivity contribution is 6.31. The number of rotatable bonds is 4. The van der Waals surface area contributed by atoms with E-state index in [0.717, 1.165) is 31.2 Å². The van der Waals surface area contributed by atoms with Crippen LogP contribution in [0.4, 0.5) is 0 Å². The molecule has 1 aliphatic carbocycles. The van der Waals surface area contributed by atoms with E-state index >= 15 is 0 Å². The first-order chi connectivity index (χ1) is 13.8. The van der Waals surface area contributed by atoms with Gasteiger partial charge in [0.2, 0.25) is 5.82 Å². The van der Waals surface area contributed by atoms with E-state index in [1.807, 2.05) is 6.07 Å². The van der Waals surface area contributed by atoms with E-state index in [4.69, 9.17) is 21.6 Å². The molecule has 0 radical (unpaired) electrons. The normalized spacial score (nSPS) is 19.3. The van der Waals surface area contributed by atoms with Crippen LogP contribution in [0.5, 0.6) is 5.75 Å². The number of nitriles is 1. The third-order valence-corrected chi connectivity index (χ3v) is 5.41. The van der Waals surface area contributed by atoms with E-state index < -0.39 is 0 Å². The Hall–Kier alpha value is -2.65. The van der Waals surface area contributed by atoms with Gasteiger partial charge in [-0.1, -0.05) is 32.4 Å². The van der Waals surface area contributed by atoms with Gasteiger partial charge in [0, 0.05) is 24.5 Å². The molecule has 0 unspecified atom stereocenters. The summed E-state index contributed by atoms with van der Waals surface area (Å²) in [5.41, 5.74) is 1.38. The third kappa shape index (κ3) is 5.45. The maximum Gasteiger partial charge on any atom is 0.289 e. The summed E-state index contributed by atoms with van der Waals surface area (Å²) in [6.45, 7) is 6.24. The Bertz CT molecular complexity index is 908. The molecule has 1 fully saturated rings. The quantitative estimate of drug-likeness (QED) is 0.802. The van der Waals surface area contributed by atoms with E-state index in [9.17, 15) is 4.79 Å².